The van der Waals surface area contributed by atoms with Gasteiger partial charge >= 0.3 is 0 Å². The molecule has 0 fully saturated rings. The van der Waals surface area contributed by atoms with E-state index < -0.39 is 0 Å². The summed E-state index contributed by atoms with van der Waals surface area (Å²) in [5, 5.41) is 6.83. The van der Waals surface area contributed by atoms with Crippen molar-refractivity contribution in [3.63, 3.8) is 0 Å². The Hall–Kier alpha value is -1.88. The van der Waals surface area contributed by atoms with Crippen LogP contribution in [-0.4, -0.2) is 12.3 Å². The molecule has 17 heavy (non-hydrogen) atoms. The van der Waals surface area contributed by atoms with Gasteiger partial charge in [-0.15, -0.1) is 0 Å². The van der Waals surface area contributed by atoms with Crippen molar-refractivity contribution in [1.82, 2.24) is 10.5 Å². The van der Waals surface area contributed by atoms with Crippen LogP contribution < -0.4 is 10.1 Å². The minimum atomic E-state index is -0.331. The molecule has 0 aliphatic heterocycles. The molecule has 0 spiro atoms. The number of nitrogens with one attached hydrogen (secondary N) is 1. The Labute approximate surface area is 98.4 Å². The molecule has 1 heterocycles. The second-order valence-corrected chi connectivity index (χ2v) is 3.53. The highest BCUT2D eigenvalue weighted by Gasteiger charge is 2.07. The first-order valence-corrected chi connectivity index (χ1v) is 5.22. The number of ether oxygens (including phenoxy) is 1. The van der Waals surface area contributed by atoms with Gasteiger partial charge in [0, 0.05) is 24.7 Å². The number of nitrogens with zero attached hydrogens (tertiary/aromatic N) is 1. The molecule has 0 unspecified atom stereocenters. The van der Waals surface area contributed by atoms with Gasteiger partial charge in [0.2, 0.25) is 0 Å². The summed E-state index contributed by atoms with van der Waals surface area (Å²) in [7, 11) is 1.45. The summed E-state index contributed by atoms with van der Waals surface area (Å²) < 4.78 is 23.3. The predicted molar refractivity (Wildman–Crippen MR) is 60.0 cm³/mol. The molecule has 0 bridgehead atoms. The molecule has 4 nitrogen and oxygen atoms in total. The number of hydrogen-bond acceptors (Lipinski definition) is 4. The zero-order chi connectivity index (χ0) is 12.1. The van der Waals surface area contributed by atoms with Crippen LogP contribution in [0.4, 0.5) is 4.39 Å². The fourth-order valence-corrected chi connectivity index (χ4v) is 1.50. The van der Waals surface area contributed by atoms with Gasteiger partial charge in [-0.25, -0.2) is 4.39 Å². The molecule has 0 saturated heterocycles. The van der Waals surface area contributed by atoms with Crippen LogP contribution in [0.15, 0.2) is 35.1 Å². The zero-order valence-electron chi connectivity index (χ0n) is 9.44. The molecule has 1 N–H and O–H groups in total. The summed E-state index contributed by atoms with van der Waals surface area (Å²) in [6, 6.07) is 6.83. The van der Waals surface area contributed by atoms with Gasteiger partial charge in [0.05, 0.1) is 12.8 Å². The molecule has 1 aromatic heterocycles. The van der Waals surface area contributed by atoms with Crippen LogP contribution in [0.2, 0.25) is 0 Å². The van der Waals surface area contributed by atoms with E-state index >= 15 is 0 Å². The summed E-state index contributed by atoms with van der Waals surface area (Å²) in [5.41, 5.74) is 1.35. The molecule has 1 aromatic carbocycles. The second kappa shape index (κ2) is 5.45. The van der Waals surface area contributed by atoms with Crippen molar-refractivity contribution < 1.29 is 13.7 Å². The molecule has 0 aliphatic rings. The Bertz CT molecular complexity index is 471. The van der Waals surface area contributed by atoms with Crippen LogP contribution >= 0.6 is 0 Å². The predicted octanol–water partition coefficient (Wildman–Crippen LogP) is 2.11. The molecule has 90 valence electrons. The standard InChI is InChI=1S/C12H13FN2O2/c1-16-11-4-2-3-9(12(11)13)7-14-8-10-5-6-17-15-10/h2-6,14H,7-8H2,1H3. The minimum absolute atomic E-state index is 0.255. The third-order valence-electron chi connectivity index (χ3n) is 2.38. The summed E-state index contributed by atoms with van der Waals surface area (Å²) in [4.78, 5) is 0. The molecule has 0 radical (unpaired) electrons. The van der Waals surface area contributed by atoms with Crippen LogP contribution in [0.3, 0.4) is 0 Å². The maximum Gasteiger partial charge on any atom is 0.169 e. The van der Waals surface area contributed by atoms with Crippen LogP contribution in [-0.2, 0) is 13.1 Å². The molecular formula is C12H13FN2O2. The molecule has 2 aromatic rings. The number of benzene rings is 1. The maximum absolute atomic E-state index is 13.7. The average molecular weight is 236 g/mol. The number of methoxy groups -OCH3 is 1. The Morgan fingerprint density at radius 3 is 2.94 bits per heavy atom. The van der Waals surface area contributed by atoms with E-state index in [0.29, 0.717) is 18.7 Å². The van der Waals surface area contributed by atoms with Crippen LogP contribution in [0.1, 0.15) is 11.3 Å². The topological polar surface area (TPSA) is 47.3 Å². The van der Waals surface area contributed by atoms with Crippen LogP contribution in [0.5, 0.6) is 5.75 Å². The largest absolute Gasteiger partial charge is 0.494 e. The van der Waals surface area contributed by atoms with Gasteiger partial charge < -0.3 is 14.6 Å². The normalized spacial score (nSPS) is 10.5. The molecule has 0 saturated carbocycles. The first-order valence-electron chi connectivity index (χ1n) is 5.22. The number of halogens is 1. The van der Waals surface area contributed by atoms with Crippen molar-refractivity contribution in [3.05, 3.63) is 47.6 Å². The van der Waals surface area contributed by atoms with Gasteiger partial charge in [-0.05, 0) is 6.07 Å². The van der Waals surface area contributed by atoms with Gasteiger partial charge in [-0.1, -0.05) is 17.3 Å². The molecule has 0 aliphatic carbocycles. The third-order valence-corrected chi connectivity index (χ3v) is 2.38. The lowest BCUT2D eigenvalue weighted by molar-refractivity contribution is 0.383. The Morgan fingerprint density at radius 1 is 1.35 bits per heavy atom. The monoisotopic (exact) mass is 236 g/mol. The first kappa shape index (κ1) is 11.6. The van der Waals surface area contributed by atoms with Crippen molar-refractivity contribution in [3.8, 4) is 5.75 Å². The Morgan fingerprint density at radius 2 is 2.24 bits per heavy atom. The zero-order valence-corrected chi connectivity index (χ0v) is 9.44. The highest BCUT2D eigenvalue weighted by molar-refractivity contribution is 5.30. The van der Waals surface area contributed by atoms with Crippen LogP contribution in [0, 0.1) is 5.82 Å². The summed E-state index contributed by atoms with van der Waals surface area (Å²) >= 11 is 0. The van der Waals surface area contributed by atoms with Gasteiger partial charge in [0.1, 0.15) is 6.26 Å². The second-order valence-electron chi connectivity index (χ2n) is 3.53. The van der Waals surface area contributed by atoms with Crippen molar-refractivity contribution in [2.24, 2.45) is 0 Å². The SMILES string of the molecule is COc1cccc(CNCc2ccon2)c1F. The summed E-state index contributed by atoms with van der Waals surface area (Å²) in [5.74, 6) is -0.0756. The number of aromatic nitrogens is 1. The van der Waals surface area contributed by atoms with Crippen molar-refractivity contribution in [2.75, 3.05) is 7.11 Å². The Kier molecular flexibility index (Phi) is 3.72. The third kappa shape index (κ3) is 2.82. The molecule has 0 amide bonds. The van der Waals surface area contributed by atoms with E-state index in [9.17, 15) is 4.39 Å². The van der Waals surface area contributed by atoms with Crippen LogP contribution in [0.25, 0.3) is 0 Å². The highest BCUT2D eigenvalue weighted by Crippen LogP contribution is 2.19. The van der Waals surface area contributed by atoms with Crippen molar-refractivity contribution in [1.29, 1.82) is 0 Å². The maximum atomic E-state index is 13.7. The quantitative estimate of drug-likeness (QED) is 0.863. The minimum Gasteiger partial charge on any atom is -0.494 e. The van der Waals surface area contributed by atoms with E-state index in [1.165, 1.54) is 13.4 Å². The van der Waals surface area contributed by atoms with Gasteiger partial charge in [0.15, 0.2) is 11.6 Å². The fraction of sp³-hybridized carbons (Fsp3) is 0.250. The lowest BCUT2D eigenvalue weighted by atomic mass is 10.2. The van der Waals surface area contributed by atoms with E-state index in [0.717, 1.165) is 5.69 Å². The van der Waals surface area contributed by atoms with E-state index in [-0.39, 0.29) is 11.6 Å². The highest BCUT2D eigenvalue weighted by atomic mass is 19.1. The lowest BCUT2D eigenvalue weighted by Crippen LogP contribution is -2.14. The summed E-state index contributed by atoms with van der Waals surface area (Å²) in [6.45, 7) is 0.947. The summed E-state index contributed by atoms with van der Waals surface area (Å²) in [6.07, 6.45) is 1.50. The molecule has 0 atom stereocenters. The van der Waals surface area contributed by atoms with Gasteiger partial charge in [-0.3, -0.25) is 0 Å². The lowest BCUT2D eigenvalue weighted by Gasteiger charge is -2.07. The molecule has 2 rings (SSSR count). The van der Waals surface area contributed by atoms with E-state index in [4.69, 9.17) is 9.26 Å². The van der Waals surface area contributed by atoms with Crippen molar-refractivity contribution in [2.45, 2.75) is 13.1 Å². The smallest absolute Gasteiger partial charge is 0.169 e. The fourth-order valence-electron chi connectivity index (χ4n) is 1.50. The molecule has 5 heteroatoms. The van der Waals surface area contributed by atoms with E-state index in [2.05, 4.69) is 10.5 Å². The van der Waals surface area contributed by atoms with Crippen molar-refractivity contribution >= 4 is 0 Å². The van der Waals surface area contributed by atoms with E-state index in [1.54, 1.807) is 24.3 Å². The molecular weight excluding hydrogens is 223 g/mol. The van der Waals surface area contributed by atoms with Gasteiger partial charge in [-0.2, -0.15) is 0 Å². The van der Waals surface area contributed by atoms with E-state index in [1.807, 2.05) is 0 Å². The average Bonchev–Trinajstić information content (AvgIpc) is 2.84. The van der Waals surface area contributed by atoms with Gasteiger partial charge in [0.25, 0.3) is 0 Å². The Balaban J connectivity index is 1.95. The number of rotatable bonds is 5. The number of hydrogen-bond donors (Lipinski definition) is 1. The first-order chi connectivity index (χ1) is 8.31.